The topological polar surface area (TPSA) is 88.9 Å². The maximum absolute atomic E-state index is 12.8. The van der Waals surface area contributed by atoms with Gasteiger partial charge in [0, 0.05) is 45.7 Å². The van der Waals surface area contributed by atoms with Crippen LogP contribution in [0.5, 0.6) is 0 Å². The van der Waals surface area contributed by atoms with Crippen LogP contribution in [0.1, 0.15) is 32.9 Å². The summed E-state index contributed by atoms with van der Waals surface area (Å²) in [6.45, 7) is 10.3. The molecule has 2 aliphatic rings. The SMILES string of the molecule is CN1C(=O)C(NC(=O)OC(C)(C)C)CCn2nc(CCN3CCOCC3)cc21. The summed E-state index contributed by atoms with van der Waals surface area (Å²) < 4.78 is 12.5. The Balaban J connectivity index is 1.60. The number of rotatable bonds is 4. The first-order valence-corrected chi connectivity index (χ1v) is 9.87. The highest BCUT2D eigenvalue weighted by atomic mass is 16.6. The van der Waals surface area contributed by atoms with E-state index in [9.17, 15) is 9.59 Å². The van der Waals surface area contributed by atoms with Crippen molar-refractivity contribution in [3.63, 3.8) is 0 Å². The predicted molar refractivity (Wildman–Crippen MR) is 104 cm³/mol. The van der Waals surface area contributed by atoms with Gasteiger partial charge in [0.2, 0.25) is 0 Å². The van der Waals surface area contributed by atoms with Crippen LogP contribution in [0, 0.1) is 0 Å². The lowest BCUT2D eigenvalue weighted by Gasteiger charge is -2.26. The summed E-state index contributed by atoms with van der Waals surface area (Å²) in [7, 11) is 1.72. The van der Waals surface area contributed by atoms with Crippen molar-refractivity contribution in [1.29, 1.82) is 0 Å². The third kappa shape index (κ3) is 5.23. The molecule has 0 radical (unpaired) electrons. The number of alkyl carbamates (subject to hydrolysis) is 1. The van der Waals surface area contributed by atoms with E-state index < -0.39 is 17.7 Å². The van der Waals surface area contributed by atoms with Gasteiger partial charge in [0.1, 0.15) is 17.5 Å². The van der Waals surface area contributed by atoms with E-state index in [1.165, 1.54) is 0 Å². The minimum absolute atomic E-state index is 0.163. The van der Waals surface area contributed by atoms with Crippen LogP contribution >= 0.6 is 0 Å². The molecule has 2 amide bonds. The van der Waals surface area contributed by atoms with Gasteiger partial charge in [0.15, 0.2) is 0 Å². The van der Waals surface area contributed by atoms with Crippen molar-refractivity contribution in [3.05, 3.63) is 11.8 Å². The van der Waals surface area contributed by atoms with Crippen LogP contribution in [0.4, 0.5) is 10.6 Å². The predicted octanol–water partition coefficient (Wildman–Crippen LogP) is 1.02. The number of carbonyl (C=O) groups excluding carboxylic acids is 2. The summed E-state index contributed by atoms with van der Waals surface area (Å²) in [5, 5.41) is 7.36. The van der Waals surface area contributed by atoms with Gasteiger partial charge in [-0.1, -0.05) is 0 Å². The highest BCUT2D eigenvalue weighted by Crippen LogP contribution is 2.22. The quantitative estimate of drug-likeness (QED) is 0.822. The van der Waals surface area contributed by atoms with Gasteiger partial charge in [0.05, 0.1) is 18.9 Å². The zero-order valence-electron chi connectivity index (χ0n) is 17.2. The number of nitrogens with zero attached hydrogens (tertiary/aromatic N) is 4. The largest absolute Gasteiger partial charge is 0.444 e. The first-order chi connectivity index (χ1) is 13.2. The molecule has 1 unspecified atom stereocenters. The van der Waals surface area contributed by atoms with Gasteiger partial charge in [-0.3, -0.25) is 14.6 Å². The molecule has 3 heterocycles. The molecular formula is C19H31N5O4. The summed E-state index contributed by atoms with van der Waals surface area (Å²) in [5.74, 6) is 0.597. The third-order valence-corrected chi connectivity index (χ3v) is 4.89. The summed E-state index contributed by atoms with van der Waals surface area (Å²) in [6, 6.07) is 1.34. The average Bonchev–Trinajstić information content (AvgIpc) is 3.00. The van der Waals surface area contributed by atoms with Gasteiger partial charge >= 0.3 is 6.09 Å². The number of hydrogen-bond acceptors (Lipinski definition) is 6. The van der Waals surface area contributed by atoms with Gasteiger partial charge < -0.3 is 14.8 Å². The van der Waals surface area contributed by atoms with Crippen LogP contribution in [0.25, 0.3) is 0 Å². The molecule has 1 saturated heterocycles. The minimum Gasteiger partial charge on any atom is -0.444 e. The van der Waals surface area contributed by atoms with Gasteiger partial charge in [-0.15, -0.1) is 0 Å². The number of carbonyl (C=O) groups is 2. The van der Waals surface area contributed by atoms with Gasteiger partial charge in [-0.2, -0.15) is 5.10 Å². The van der Waals surface area contributed by atoms with Crippen molar-refractivity contribution in [2.75, 3.05) is 44.8 Å². The van der Waals surface area contributed by atoms with Gasteiger partial charge in [-0.05, 0) is 27.2 Å². The number of likely N-dealkylation sites (N-methyl/N-ethyl adjacent to an activating group) is 1. The van der Waals surface area contributed by atoms with Crippen LogP contribution in [0.2, 0.25) is 0 Å². The Labute approximate surface area is 165 Å². The maximum Gasteiger partial charge on any atom is 0.408 e. The Bertz CT molecular complexity index is 706. The number of aryl methyl sites for hydroxylation is 1. The second-order valence-electron chi connectivity index (χ2n) is 8.31. The smallest absolute Gasteiger partial charge is 0.408 e. The monoisotopic (exact) mass is 393 g/mol. The van der Waals surface area contributed by atoms with E-state index in [1.807, 2.05) is 10.7 Å². The highest BCUT2D eigenvalue weighted by molar-refractivity contribution is 5.98. The van der Waals surface area contributed by atoms with Crippen LogP contribution in [-0.4, -0.2) is 78.2 Å². The van der Waals surface area contributed by atoms with Crippen molar-refractivity contribution in [2.45, 2.75) is 51.8 Å². The standard InChI is InChI=1S/C19H31N5O4/c1-19(2,3)28-18(26)20-15-6-8-24-16(22(4)17(15)25)13-14(21-24)5-7-23-9-11-27-12-10-23/h13,15H,5-12H2,1-4H3,(H,20,26). The molecule has 1 atom stereocenters. The highest BCUT2D eigenvalue weighted by Gasteiger charge is 2.31. The maximum atomic E-state index is 12.8. The average molecular weight is 393 g/mol. The molecule has 1 N–H and O–H groups in total. The van der Waals surface area contributed by atoms with Crippen molar-refractivity contribution in [2.24, 2.45) is 0 Å². The Morgan fingerprint density at radius 3 is 2.71 bits per heavy atom. The second kappa shape index (κ2) is 8.48. The van der Waals surface area contributed by atoms with E-state index in [4.69, 9.17) is 9.47 Å². The first kappa shape index (κ1) is 20.6. The lowest BCUT2D eigenvalue weighted by atomic mass is 10.2. The molecule has 28 heavy (non-hydrogen) atoms. The third-order valence-electron chi connectivity index (χ3n) is 4.89. The molecule has 0 aliphatic carbocycles. The molecule has 9 nitrogen and oxygen atoms in total. The molecule has 0 spiro atoms. The molecule has 3 rings (SSSR count). The number of hydrogen-bond donors (Lipinski definition) is 1. The minimum atomic E-state index is -0.627. The summed E-state index contributed by atoms with van der Waals surface area (Å²) in [5.41, 5.74) is 0.367. The van der Waals surface area contributed by atoms with Crippen molar-refractivity contribution < 1.29 is 19.1 Å². The first-order valence-electron chi connectivity index (χ1n) is 9.87. The number of nitrogens with one attached hydrogen (secondary N) is 1. The molecule has 156 valence electrons. The molecule has 1 aromatic rings. The fourth-order valence-electron chi connectivity index (χ4n) is 3.42. The molecule has 9 heteroatoms. The summed E-state index contributed by atoms with van der Waals surface area (Å²) in [6.07, 6.45) is 0.728. The molecule has 0 saturated carbocycles. The van der Waals surface area contributed by atoms with Crippen molar-refractivity contribution in [3.8, 4) is 0 Å². The van der Waals surface area contributed by atoms with E-state index in [-0.39, 0.29) is 5.91 Å². The van der Waals surface area contributed by atoms with E-state index in [0.29, 0.717) is 13.0 Å². The molecule has 1 aromatic heterocycles. The molecular weight excluding hydrogens is 362 g/mol. The van der Waals surface area contributed by atoms with E-state index in [2.05, 4.69) is 15.3 Å². The summed E-state index contributed by atoms with van der Waals surface area (Å²) >= 11 is 0. The Morgan fingerprint density at radius 1 is 1.32 bits per heavy atom. The van der Waals surface area contributed by atoms with Crippen molar-refractivity contribution in [1.82, 2.24) is 20.0 Å². The lowest BCUT2D eigenvalue weighted by Crippen LogP contribution is -2.48. The van der Waals surface area contributed by atoms with Crippen LogP contribution < -0.4 is 10.2 Å². The molecule has 0 aromatic carbocycles. The molecule has 1 fully saturated rings. The van der Waals surface area contributed by atoms with E-state index in [0.717, 1.165) is 50.8 Å². The van der Waals surface area contributed by atoms with Gasteiger partial charge in [-0.25, -0.2) is 9.48 Å². The lowest BCUT2D eigenvalue weighted by molar-refractivity contribution is -0.120. The summed E-state index contributed by atoms with van der Waals surface area (Å²) in [4.78, 5) is 28.8. The number of anilines is 1. The normalized spacial score (nSPS) is 21.2. The molecule has 2 aliphatic heterocycles. The zero-order valence-corrected chi connectivity index (χ0v) is 17.2. The zero-order chi connectivity index (χ0) is 20.3. The molecule has 0 bridgehead atoms. The van der Waals surface area contributed by atoms with Crippen LogP contribution in [0.15, 0.2) is 6.07 Å². The van der Waals surface area contributed by atoms with Gasteiger partial charge in [0.25, 0.3) is 5.91 Å². The Hall–Kier alpha value is -2.13. The Morgan fingerprint density at radius 2 is 2.04 bits per heavy atom. The second-order valence-corrected chi connectivity index (χ2v) is 8.31. The fraction of sp³-hybridized carbons (Fsp3) is 0.737. The number of aromatic nitrogens is 2. The number of morpholine rings is 1. The number of ether oxygens (including phenoxy) is 2. The Kier molecular flexibility index (Phi) is 6.24. The van der Waals surface area contributed by atoms with Crippen molar-refractivity contribution >= 4 is 17.8 Å². The number of fused-ring (bicyclic) bond motifs is 1. The van der Waals surface area contributed by atoms with Crippen LogP contribution in [0.3, 0.4) is 0 Å². The van der Waals surface area contributed by atoms with Crippen LogP contribution in [-0.2, 0) is 27.2 Å². The number of amides is 2. The van der Waals surface area contributed by atoms with E-state index in [1.54, 1.807) is 32.7 Å². The van der Waals surface area contributed by atoms with E-state index >= 15 is 0 Å². The fourth-order valence-corrected chi connectivity index (χ4v) is 3.42.